The van der Waals surface area contributed by atoms with Gasteiger partial charge in [0.05, 0.1) is 5.70 Å². The summed E-state index contributed by atoms with van der Waals surface area (Å²) >= 11 is 2.07. The third-order valence-corrected chi connectivity index (χ3v) is 2.56. The molecule has 5 heteroatoms. The molecule has 0 saturated carbocycles. The van der Waals surface area contributed by atoms with Crippen LogP contribution < -0.4 is 10.6 Å². The molecule has 0 heterocycles. The highest BCUT2D eigenvalue weighted by Crippen LogP contribution is 2.16. The summed E-state index contributed by atoms with van der Waals surface area (Å²) < 4.78 is 1.80. The van der Waals surface area contributed by atoms with Gasteiger partial charge in [-0.05, 0) is 17.7 Å². The van der Waals surface area contributed by atoms with E-state index in [0.717, 1.165) is 16.9 Å². The van der Waals surface area contributed by atoms with Crippen LogP contribution in [-0.2, 0) is 9.59 Å². The average molecular weight is 344 g/mol. The number of carbonyl (C=O) groups excluding carboxylic acids is 2. The van der Waals surface area contributed by atoms with Crippen molar-refractivity contribution in [2.45, 2.75) is 13.8 Å². The molecule has 0 atom stereocenters. The molecule has 0 aliphatic heterocycles. The lowest BCUT2D eigenvalue weighted by molar-refractivity contribution is -0.118. The van der Waals surface area contributed by atoms with E-state index in [4.69, 9.17) is 0 Å². The van der Waals surface area contributed by atoms with Crippen molar-refractivity contribution in [2.24, 2.45) is 0 Å². The third-order valence-electron chi connectivity index (χ3n) is 1.94. The lowest BCUT2D eigenvalue weighted by Crippen LogP contribution is -2.17. The van der Waals surface area contributed by atoms with Crippen LogP contribution >= 0.6 is 22.6 Å². The van der Waals surface area contributed by atoms with E-state index >= 15 is 0 Å². The largest absolute Gasteiger partial charge is 0.326 e. The zero-order valence-electron chi connectivity index (χ0n) is 9.58. The molecule has 17 heavy (non-hydrogen) atoms. The summed E-state index contributed by atoms with van der Waals surface area (Å²) in [7, 11) is 0. The molecule has 2 amide bonds. The summed E-state index contributed by atoms with van der Waals surface area (Å²) in [5.41, 5.74) is 2.37. The van der Waals surface area contributed by atoms with Crippen LogP contribution in [0.3, 0.4) is 0 Å². The fraction of sp³-hybridized carbons (Fsp3) is 0.167. The smallest absolute Gasteiger partial charge is 0.221 e. The summed E-state index contributed by atoms with van der Waals surface area (Å²) in [6.07, 6.45) is 0. The van der Waals surface area contributed by atoms with Crippen LogP contribution in [0.5, 0.6) is 0 Å². The van der Waals surface area contributed by atoms with Crippen molar-refractivity contribution in [3.63, 3.8) is 0 Å². The zero-order valence-corrected chi connectivity index (χ0v) is 11.7. The summed E-state index contributed by atoms with van der Waals surface area (Å²) in [5, 5.41) is 5.42. The van der Waals surface area contributed by atoms with Crippen molar-refractivity contribution in [1.29, 1.82) is 0 Å². The minimum atomic E-state index is -0.112. The number of halogens is 1. The number of anilines is 1. The Morgan fingerprint density at radius 2 is 1.71 bits per heavy atom. The lowest BCUT2D eigenvalue weighted by Gasteiger charge is -2.08. The van der Waals surface area contributed by atoms with Crippen LogP contribution in [0.25, 0.3) is 5.70 Å². The van der Waals surface area contributed by atoms with Crippen LogP contribution in [0.4, 0.5) is 5.69 Å². The molecule has 0 unspecified atom stereocenters. The molecular weight excluding hydrogens is 331 g/mol. The van der Waals surface area contributed by atoms with E-state index in [0.29, 0.717) is 0 Å². The highest BCUT2D eigenvalue weighted by Gasteiger charge is 2.03. The molecule has 90 valence electrons. The maximum atomic E-state index is 11.0. The molecule has 4 nitrogen and oxygen atoms in total. The van der Waals surface area contributed by atoms with Gasteiger partial charge in [-0.15, -0.1) is 0 Å². The first kappa shape index (κ1) is 13.7. The summed E-state index contributed by atoms with van der Waals surface area (Å²) in [5.74, 6) is -0.219. The van der Waals surface area contributed by atoms with Crippen LogP contribution in [0.1, 0.15) is 19.4 Å². The van der Waals surface area contributed by atoms with Gasteiger partial charge in [-0.3, -0.25) is 9.59 Å². The molecule has 1 aromatic carbocycles. The second kappa shape index (κ2) is 6.39. The molecule has 0 aromatic heterocycles. The van der Waals surface area contributed by atoms with E-state index < -0.39 is 0 Å². The van der Waals surface area contributed by atoms with Crippen molar-refractivity contribution in [3.8, 4) is 0 Å². The monoisotopic (exact) mass is 344 g/mol. The third kappa shape index (κ3) is 4.56. The first-order chi connectivity index (χ1) is 8.02. The van der Waals surface area contributed by atoms with E-state index in [9.17, 15) is 9.59 Å². The number of hydrogen-bond donors (Lipinski definition) is 2. The van der Waals surface area contributed by atoms with Gasteiger partial charge >= 0.3 is 0 Å². The summed E-state index contributed by atoms with van der Waals surface area (Å²) in [6.45, 7) is 2.92. The maximum absolute atomic E-state index is 11.0. The highest BCUT2D eigenvalue weighted by atomic mass is 127. The molecule has 0 fully saturated rings. The lowest BCUT2D eigenvalue weighted by atomic mass is 10.1. The molecule has 2 N–H and O–H groups in total. The maximum Gasteiger partial charge on any atom is 0.221 e. The second-order valence-electron chi connectivity index (χ2n) is 3.46. The second-order valence-corrected chi connectivity index (χ2v) is 4.09. The number of rotatable bonds is 3. The van der Waals surface area contributed by atoms with E-state index in [2.05, 4.69) is 33.2 Å². The van der Waals surface area contributed by atoms with Crippen molar-refractivity contribution < 1.29 is 9.59 Å². The van der Waals surface area contributed by atoms with Crippen LogP contribution in [0, 0.1) is 0 Å². The van der Waals surface area contributed by atoms with E-state index in [1.54, 1.807) is 16.2 Å². The van der Waals surface area contributed by atoms with E-state index in [-0.39, 0.29) is 11.8 Å². The Kier molecular flexibility index (Phi) is 5.14. The minimum Gasteiger partial charge on any atom is -0.326 e. The molecule has 0 saturated heterocycles. The number of carbonyl (C=O) groups is 2. The van der Waals surface area contributed by atoms with Gasteiger partial charge in [0.15, 0.2) is 0 Å². The quantitative estimate of drug-likeness (QED) is 0.828. The van der Waals surface area contributed by atoms with Gasteiger partial charge in [0.1, 0.15) is 0 Å². The Hall–Kier alpha value is -1.37. The van der Waals surface area contributed by atoms with Gasteiger partial charge in [0.2, 0.25) is 11.8 Å². The molecule has 0 aliphatic rings. The van der Waals surface area contributed by atoms with Crippen molar-refractivity contribution in [3.05, 3.63) is 33.9 Å². The van der Waals surface area contributed by atoms with Gasteiger partial charge < -0.3 is 10.6 Å². The Bertz CT molecular complexity index is 452. The zero-order chi connectivity index (χ0) is 12.8. The van der Waals surface area contributed by atoms with Crippen LogP contribution in [-0.4, -0.2) is 11.8 Å². The summed E-state index contributed by atoms with van der Waals surface area (Å²) in [4.78, 5) is 21.8. The first-order valence-corrected chi connectivity index (χ1v) is 6.23. The molecule has 1 rings (SSSR count). The number of nitrogens with one attached hydrogen (secondary N) is 2. The Morgan fingerprint density at radius 1 is 1.12 bits per heavy atom. The van der Waals surface area contributed by atoms with Crippen molar-refractivity contribution in [1.82, 2.24) is 5.32 Å². The van der Waals surface area contributed by atoms with Gasteiger partial charge in [-0.2, -0.15) is 0 Å². The molecule has 0 aliphatic carbocycles. The van der Waals surface area contributed by atoms with E-state index in [1.807, 2.05) is 12.1 Å². The number of benzene rings is 1. The fourth-order valence-electron chi connectivity index (χ4n) is 1.29. The summed E-state index contributed by atoms with van der Waals surface area (Å²) in [6, 6.07) is 7.26. The average Bonchev–Trinajstić information content (AvgIpc) is 2.26. The Balaban J connectivity index is 2.85. The highest BCUT2D eigenvalue weighted by molar-refractivity contribution is 14.1. The minimum absolute atomic E-state index is 0.107. The predicted octanol–water partition coefficient (Wildman–Crippen LogP) is 2.51. The van der Waals surface area contributed by atoms with Gasteiger partial charge in [0, 0.05) is 23.6 Å². The predicted molar refractivity (Wildman–Crippen MR) is 76.6 cm³/mol. The molecule has 0 radical (unpaired) electrons. The first-order valence-electron chi connectivity index (χ1n) is 4.99. The van der Waals surface area contributed by atoms with Gasteiger partial charge in [-0.1, -0.05) is 34.7 Å². The topological polar surface area (TPSA) is 58.2 Å². The normalized spacial score (nSPS) is 10.9. The molecule has 0 spiro atoms. The SMILES string of the molecule is CC(=O)N/C(=C\I)c1ccc(NC(C)=O)cc1. The fourth-order valence-corrected chi connectivity index (χ4v) is 1.80. The standard InChI is InChI=1S/C12H13IN2O2/c1-8(16)14-11-5-3-10(4-6-11)12(7-13)15-9(2)17/h3-7H,1-2H3,(H,14,16)(H,15,17)/b12-7-. The van der Waals surface area contributed by atoms with Crippen LogP contribution in [0.15, 0.2) is 28.3 Å². The van der Waals surface area contributed by atoms with Crippen molar-refractivity contribution >= 4 is 45.8 Å². The van der Waals surface area contributed by atoms with Crippen molar-refractivity contribution in [2.75, 3.05) is 5.32 Å². The Labute approximate surface area is 114 Å². The molecule has 0 bridgehead atoms. The van der Waals surface area contributed by atoms with Gasteiger partial charge in [-0.25, -0.2) is 0 Å². The molecular formula is C12H13IN2O2. The number of amides is 2. The van der Waals surface area contributed by atoms with Gasteiger partial charge in [0.25, 0.3) is 0 Å². The number of hydrogen-bond acceptors (Lipinski definition) is 2. The Morgan fingerprint density at radius 3 is 2.12 bits per heavy atom. The van der Waals surface area contributed by atoms with E-state index in [1.165, 1.54) is 13.8 Å². The molecule has 1 aromatic rings. The van der Waals surface area contributed by atoms with Crippen LogP contribution in [0.2, 0.25) is 0 Å².